The zero-order valence-electron chi connectivity index (χ0n) is 13.6. The number of halogens is 3. The lowest BCUT2D eigenvalue weighted by Gasteiger charge is -2.23. The summed E-state index contributed by atoms with van der Waals surface area (Å²) in [5.74, 6) is -0.476. The number of rotatable bonds is 3. The monoisotopic (exact) mass is 348 g/mol. The van der Waals surface area contributed by atoms with E-state index in [1.807, 2.05) is 10.3 Å². The molecule has 1 aromatic rings. The van der Waals surface area contributed by atoms with Gasteiger partial charge in [-0.05, 0) is 33.8 Å². The molecule has 0 aliphatic rings. The van der Waals surface area contributed by atoms with Crippen molar-refractivity contribution < 1.29 is 22.8 Å². The van der Waals surface area contributed by atoms with Crippen LogP contribution in [0.5, 0.6) is 0 Å². The molecular formula is C14H19F3N4O3. The Balaban J connectivity index is 2.78. The van der Waals surface area contributed by atoms with Crippen molar-refractivity contribution in [2.24, 2.45) is 0 Å². The summed E-state index contributed by atoms with van der Waals surface area (Å²) in [5, 5.41) is 6.87. The fourth-order valence-electron chi connectivity index (χ4n) is 1.64. The number of aromatic amines is 1. The van der Waals surface area contributed by atoms with Crippen LogP contribution in [0.2, 0.25) is 0 Å². The lowest BCUT2D eigenvalue weighted by Crippen LogP contribution is -2.51. The molecule has 1 aromatic heterocycles. The maximum Gasteiger partial charge on any atom is 0.417 e. The van der Waals surface area contributed by atoms with E-state index in [1.54, 1.807) is 20.8 Å². The number of pyridine rings is 1. The highest BCUT2D eigenvalue weighted by atomic mass is 19.4. The van der Waals surface area contributed by atoms with Crippen LogP contribution in [0.4, 0.5) is 23.7 Å². The molecule has 134 valence electrons. The maximum absolute atomic E-state index is 12.6. The minimum absolute atomic E-state index is 0.476. The Morgan fingerprint density at radius 1 is 1.21 bits per heavy atom. The second-order valence-electron chi connectivity index (χ2n) is 6.19. The van der Waals surface area contributed by atoms with Gasteiger partial charge in [0.25, 0.3) is 5.56 Å². The van der Waals surface area contributed by atoms with Gasteiger partial charge in [-0.1, -0.05) is 0 Å². The first kappa shape index (κ1) is 19.5. The summed E-state index contributed by atoms with van der Waals surface area (Å²) in [6.07, 6.45) is -4.16. The van der Waals surface area contributed by atoms with E-state index in [2.05, 4.69) is 10.6 Å². The molecular weight excluding hydrogens is 329 g/mol. The summed E-state index contributed by atoms with van der Waals surface area (Å²) < 4.78 is 37.8. The number of urea groups is 1. The zero-order valence-corrected chi connectivity index (χ0v) is 13.6. The number of alkyl halides is 3. The number of carbonyl (C=O) groups excluding carboxylic acids is 2. The highest BCUT2D eigenvalue weighted by molar-refractivity contribution is 5.93. The van der Waals surface area contributed by atoms with Crippen LogP contribution >= 0.6 is 0 Å². The highest BCUT2D eigenvalue weighted by Crippen LogP contribution is 2.29. The van der Waals surface area contributed by atoms with Gasteiger partial charge in [-0.3, -0.25) is 9.59 Å². The smallest absolute Gasteiger partial charge is 0.350 e. The van der Waals surface area contributed by atoms with E-state index in [1.165, 1.54) is 6.92 Å². The number of amides is 3. The molecule has 0 bridgehead atoms. The molecule has 0 spiro atoms. The molecule has 1 unspecified atom stereocenters. The predicted octanol–water partition coefficient (Wildman–Crippen LogP) is 1.82. The van der Waals surface area contributed by atoms with E-state index in [-0.39, 0.29) is 0 Å². The first-order valence-electron chi connectivity index (χ1n) is 6.99. The predicted molar refractivity (Wildman–Crippen MR) is 81.6 cm³/mol. The first-order chi connectivity index (χ1) is 10.8. The molecule has 0 aromatic carbocycles. The lowest BCUT2D eigenvalue weighted by molar-refractivity contribution is -0.137. The molecule has 0 saturated carbocycles. The van der Waals surface area contributed by atoms with Gasteiger partial charge in [-0.15, -0.1) is 0 Å². The van der Waals surface area contributed by atoms with Crippen LogP contribution in [0.3, 0.4) is 0 Å². The molecule has 24 heavy (non-hydrogen) atoms. The fourth-order valence-corrected chi connectivity index (χ4v) is 1.64. The molecule has 0 aliphatic heterocycles. The van der Waals surface area contributed by atoms with Gasteiger partial charge < -0.3 is 20.9 Å². The van der Waals surface area contributed by atoms with Crippen LogP contribution in [-0.4, -0.2) is 28.5 Å². The van der Waals surface area contributed by atoms with Crippen LogP contribution in [0.1, 0.15) is 33.3 Å². The molecule has 0 saturated heterocycles. The first-order valence-corrected chi connectivity index (χ1v) is 6.99. The van der Waals surface area contributed by atoms with Crippen molar-refractivity contribution in [3.8, 4) is 0 Å². The largest absolute Gasteiger partial charge is 0.417 e. The van der Waals surface area contributed by atoms with Crippen molar-refractivity contribution in [3.05, 3.63) is 28.2 Å². The van der Waals surface area contributed by atoms with E-state index in [0.29, 0.717) is 12.3 Å². The van der Waals surface area contributed by atoms with Crippen LogP contribution < -0.4 is 21.5 Å². The number of carbonyl (C=O) groups is 2. The van der Waals surface area contributed by atoms with Crippen LogP contribution in [0, 0.1) is 0 Å². The topological polar surface area (TPSA) is 103 Å². The molecule has 0 fully saturated rings. The Labute approximate surface area is 136 Å². The molecule has 7 nitrogen and oxygen atoms in total. The van der Waals surface area contributed by atoms with Crippen molar-refractivity contribution in [2.75, 3.05) is 5.32 Å². The van der Waals surface area contributed by atoms with Crippen molar-refractivity contribution >= 4 is 17.6 Å². The van der Waals surface area contributed by atoms with Crippen molar-refractivity contribution in [1.82, 2.24) is 15.6 Å². The van der Waals surface area contributed by atoms with Crippen molar-refractivity contribution in [1.29, 1.82) is 0 Å². The van der Waals surface area contributed by atoms with Crippen LogP contribution in [0.15, 0.2) is 17.1 Å². The Kier molecular flexibility index (Phi) is 5.64. The molecule has 1 atom stereocenters. The van der Waals surface area contributed by atoms with Gasteiger partial charge in [0.2, 0.25) is 5.91 Å². The second-order valence-corrected chi connectivity index (χ2v) is 6.19. The quantitative estimate of drug-likeness (QED) is 0.670. The summed E-state index contributed by atoms with van der Waals surface area (Å²) in [6, 6.07) is -1.41. The number of hydrogen-bond donors (Lipinski definition) is 4. The van der Waals surface area contributed by atoms with Crippen molar-refractivity contribution in [3.63, 3.8) is 0 Å². The SMILES string of the molecule is CC(NC(=O)Nc1cc(C(F)(F)F)c[nH]c1=O)C(=O)NC(C)(C)C. The molecule has 10 heteroatoms. The third-order valence-corrected chi connectivity index (χ3v) is 2.72. The average molecular weight is 348 g/mol. The lowest BCUT2D eigenvalue weighted by atomic mass is 10.1. The standard InChI is InChI=1S/C14H19F3N4O3/c1-7(10(22)21-13(2,3)4)19-12(24)20-9-5-8(14(15,16)17)6-18-11(9)23/h5-7H,1-4H3,(H,18,23)(H,21,22)(H2,19,20,24). The minimum Gasteiger partial charge on any atom is -0.350 e. The summed E-state index contributed by atoms with van der Waals surface area (Å²) in [7, 11) is 0. The third kappa shape index (κ3) is 5.94. The number of aromatic nitrogens is 1. The Morgan fingerprint density at radius 3 is 2.29 bits per heavy atom. The van der Waals surface area contributed by atoms with Gasteiger partial charge in [-0.2, -0.15) is 13.2 Å². The van der Waals surface area contributed by atoms with Crippen molar-refractivity contribution in [2.45, 2.75) is 45.5 Å². The van der Waals surface area contributed by atoms with Crippen LogP contribution in [-0.2, 0) is 11.0 Å². The molecule has 4 N–H and O–H groups in total. The van der Waals surface area contributed by atoms with E-state index < -0.39 is 46.5 Å². The molecule has 3 amide bonds. The van der Waals surface area contributed by atoms with Gasteiger partial charge in [0.1, 0.15) is 11.7 Å². The number of anilines is 1. The van der Waals surface area contributed by atoms with Gasteiger partial charge in [0, 0.05) is 11.7 Å². The third-order valence-electron chi connectivity index (χ3n) is 2.72. The van der Waals surface area contributed by atoms with E-state index in [0.717, 1.165) is 0 Å². The van der Waals surface area contributed by atoms with E-state index in [9.17, 15) is 27.6 Å². The van der Waals surface area contributed by atoms with E-state index >= 15 is 0 Å². The molecule has 0 aliphatic carbocycles. The highest BCUT2D eigenvalue weighted by Gasteiger charge is 2.31. The van der Waals surface area contributed by atoms with Gasteiger partial charge in [0.05, 0.1) is 5.56 Å². The molecule has 1 heterocycles. The Bertz CT molecular complexity index is 677. The van der Waals surface area contributed by atoms with E-state index in [4.69, 9.17) is 0 Å². The van der Waals surface area contributed by atoms with Gasteiger partial charge in [0.15, 0.2) is 0 Å². The number of H-pyrrole nitrogens is 1. The second kappa shape index (κ2) is 6.93. The Hall–Kier alpha value is -2.52. The normalized spacial score (nSPS) is 13.1. The summed E-state index contributed by atoms with van der Waals surface area (Å²) in [4.78, 5) is 37.0. The zero-order chi connectivity index (χ0) is 18.7. The number of nitrogens with one attached hydrogen (secondary N) is 4. The minimum atomic E-state index is -4.67. The number of hydrogen-bond acceptors (Lipinski definition) is 3. The average Bonchev–Trinajstić information content (AvgIpc) is 2.37. The van der Waals surface area contributed by atoms with Gasteiger partial charge >= 0.3 is 12.2 Å². The summed E-state index contributed by atoms with van der Waals surface area (Å²) in [6.45, 7) is 6.65. The van der Waals surface area contributed by atoms with Gasteiger partial charge in [-0.25, -0.2) is 4.79 Å². The fraction of sp³-hybridized carbons (Fsp3) is 0.500. The summed E-state index contributed by atoms with van der Waals surface area (Å²) in [5.41, 5.74) is -3.10. The molecule has 1 rings (SSSR count). The Morgan fingerprint density at radius 2 is 1.79 bits per heavy atom. The van der Waals surface area contributed by atoms with Crippen LogP contribution in [0.25, 0.3) is 0 Å². The summed E-state index contributed by atoms with van der Waals surface area (Å²) >= 11 is 0. The molecule has 0 radical (unpaired) electrons. The maximum atomic E-state index is 12.6.